The first kappa shape index (κ1) is 17.2. The lowest BCUT2D eigenvalue weighted by Gasteiger charge is -2.15. The molecule has 1 heterocycles. The zero-order chi connectivity index (χ0) is 17.8. The van der Waals surface area contributed by atoms with Gasteiger partial charge in [0.2, 0.25) is 0 Å². The number of amides is 1. The second-order valence-corrected chi connectivity index (χ2v) is 6.51. The van der Waals surface area contributed by atoms with Crippen LogP contribution in [0, 0.1) is 0 Å². The fraction of sp³-hybridized carbons (Fsp3) is 0.300. The van der Waals surface area contributed by atoms with Crippen molar-refractivity contribution in [2.75, 3.05) is 32.5 Å². The predicted molar refractivity (Wildman–Crippen MR) is 104 cm³/mol. The molecule has 1 aromatic heterocycles. The molecule has 1 amide bonds. The Kier molecular flexibility index (Phi) is 5.14. The monoisotopic (exact) mass is 336 g/mol. The van der Waals surface area contributed by atoms with Gasteiger partial charge in [0.1, 0.15) is 0 Å². The Balaban J connectivity index is 2.01. The first-order valence-electron chi connectivity index (χ1n) is 8.58. The van der Waals surface area contributed by atoms with E-state index in [1.54, 1.807) is 6.07 Å². The van der Waals surface area contributed by atoms with E-state index < -0.39 is 5.91 Å². The highest BCUT2D eigenvalue weighted by atomic mass is 16.1. The van der Waals surface area contributed by atoms with E-state index in [1.165, 1.54) is 0 Å². The number of fused-ring (bicyclic) bond motifs is 2. The second-order valence-electron chi connectivity index (χ2n) is 6.51. The van der Waals surface area contributed by atoms with Crippen LogP contribution in [0.5, 0.6) is 0 Å². The van der Waals surface area contributed by atoms with Gasteiger partial charge < -0.3 is 16.0 Å². The molecule has 25 heavy (non-hydrogen) atoms. The van der Waals surface area contributed by atoms with Crippen molar-refractivity contribution in [3.05, 3.63) is 48.0 Å². The summed E-state index contributed by atoms with van der Waals surface area (Å²) in [7, 11) is 4.17. The molecule has 0 aliphatic carbocycles. The van der Waals surface area contributed by atoms with Crippen LogP contribution in [0.2, 0.25) is 0 Å². The van der Waals surface area contributed by atoms with Crippen LogP contribution in [-0.4, -0.2) is 43.0 Å². The molecule has 3 rings (SSSR count). The molecule has 0 fully saturated rings. The Morgan fingerprint density at radius 3 is 2.60 bits per heavy atom. The lowest BCUT2D eigenvalue weighted by molar-refractivity contribution is 0.100. The van der Waals surface area contributed by atoms with Gasteiger partial charge >= 0.3 is 0 Å². The number of benzene rings is 2. The number of primary amides is 1. The van der Waals surface area contributed by atoms with Crippen LogP contribution < -0.4 is 11.1 Å². The zero-order valence-corrected chi connectivity index (χ0v) is 14.7. The van der Waals surface area contributed by atoms with Crippen molar-refractivity contribution in [1.29, 1.82) is 0 Å². The van der Waals surface area contributed by atoms with Gasteiger partial charge in [-0.2, -0.15) is 0 Å². The summed E-state index contributed by atoms with van der Waals surface area (Å²) in [5.74, 6) is -0.453. The number of hydrogen-bond acceptors (Lipinski definition) is 4. The quantitative estimate of drug-likeness (QED) is 0.513. The zero-order valence-electron chi connectivity index (χ0n) is 14.7. The van der Waals surface area contributed by atoms with Crippen LogP contribution in [0.25, 0.3) is 21.8 Å². The Morgan fingerprint density at radius 1 is 1.08 bits per heavy atom. The number of nitrogens with one attached hydrogen (secondary N) is 1. The van der Waals surface area contributed by atoms with Crippen molar-refractivity contribution >= 4 is 33.4 Å². The van der Waals surface area contributed by atoms with Gasteiger partial charge in [-0.05, 0) is 45.6 Å². The minimum absolute atomic E-state index is 0.453. The van der Waals surface area contributed by atoms with E-state index in [4.69, 9.17) is 5.73 Å². The van der Waals surface area contributed by atoms with Crippen molar-refractivity contribution in [2.45, 2.75) is 12.8 Å². The van der Waals surface area contributed by atoms with Crippen LogP contribution in [0.1, 0.15) is 23.2 Å². The number of nitrogens with two attached hydrogens (primary N) is 1. The van der Waals surface area contributed by atoms with E-state index in [9.17, 15) is 4.79 Å². The topological polar surface area (TPSA) is 71.2 Å². The summed E-state index contributed by atoms with van der Waals surface area (Å²) in [6, 6.07) is 13.6. The summed E-state index contributed by atoms with van der Waals surface area (Å²) in [6.45, 7) is 1.95. The molecule has 0 radical (unpaired) electrons. The number of carbonyl (C=O) groups is 1. The molecule has 0 aliphatic rings. The number of pyridine rings is 1. The smallest absolute Gasteiger partial charge is 0.250 e. The van der Waals surface area contributed by atoms with Gasteiger partial charge in [-0.1, -0.05) is 30.3 Å². The van der Waals surface area contributed by atoms with E-state index >= 15 is 0 Å². The van der Waals surface area contributed by atoms with Gasteiger partial charge in [-0.15, -0.1) is 0 Å². The first-order chi connectivity index (χ1) is 12.1. The average molecular weight is 336 g/mol. The molecular weight excluding hydrogens is 312 g/mol. The number of aromatic nitrogens is 1. The standard InChI is InChI=1S/C20H24N4O/c1-24(2)13-6-5-12-22-18-14-8-3-4-11-17(14)23-19-15(18)9-7-10-16(19)20(21)25/h3-4,7-11H,5-6,12-13H2,1-2H3,(H2,21,25)(H,22,23). The normalized spacial score (nSPS) is 11.3. The second kappa shape index (κ2) is 7.49. The molecule has 3 aromatic rings. The van der Waals surface area contributed by atoms with E-state index in [2.05, 4.69) is 35.4 Å². The third kappa shape index (κ3) is 3.72. The average Bonchev–Trinajstić information content (AvgIpc) is 2.59. The fourth-order valence-electron chi connectivity index (χ4n) is 3.07. The van der Waals surface area contributed by atoms with E-state index in [0.29, 0.717) is 11.1 Å². The minimum atomic E-state index is -0.453. The summed E-state index contributed by atoms with van der Waals surface area (Å²) in [5, 5.41) is 5.55. The van der Waals surface area contributed by atoms with Gasteiger partial charge in [0.15, 0.2) is 0 Å². The number of nitrogens with zero attached hydrogens (tertiary/aromatic N) is 2. The molecule has 0 bridgehead atoms. The molecule has 0 saturated carbocycles. The predicted octanol–water partition coefficient (Wildman–Crippen LogP) is 3.24. The van der Waals surface area contributed by atoms with Gasteiger partial charge in [-0.3, -0.25) is 4.79 Å². The summed E-state index contributed by atoms with van der Waals surface area (Å²) in [5.41, 5.74) is 8.53. The Bertz CT molecular complexity index is 905. The molecule has 0 saturated heterocycles. The Labute approximate surface area is 147 Å². The molecule has 2 aromatic carbocycles. The number of para-hydroxylation sites is 2. The van der Waals surface area contributed by atoms with Crippen LogP contribution >= 0.6 is 0 Å². The number of unbranched alkanes of at least 4 members (excludes halogenated alkanes) is 1. The van der Waals surface area contributed by atoms with E-state index in [-0.39, 0.29) is 0 Å². The Morgan fingerprint density at radius 2 is 1.84 bits per heavy atom. The largest absolute Gasteiger partial charge is 0.384 e. The number of anilines is 1. The third-order valence-electron chi connectivity index (χ3n) is 4.31. The molecule has 130 valence electrons. The highest BCUT2D eigenvalue weighted by Crippen LogP contribution is 2.32. The summed E-state index contributed by atoms with van der Waals surface area (Å²) < 4.78 is 0. The minimum Gasteiger partial charge on any atom is -0.384 e. The highest BCUT2D eigenvalue weighted by molar-refractivity contribution is 6.13. The van der Waals surface area contributed by atoms with Gasteiger partial charge in [-0.25, -0.2) is 4.98 Å². The SMILES string of the molecule is CN(C)CCCCNc1c2ccccc2nc2c(C(N)=O)cccc12. The van der Waals surface area contributed by atoms with Gasteiger partial charge in [0.25, 0.3) is 5.91 Å². The molecule has 5 heteroatoms. The van der Waals surface area contributed by atoms with Crippen molar-refractivity contribution in [3.8, 4) is 0 Å². The summed E-state index contributed by atoms with van der Waals surface area (Å²) >= 11 is 0. The molecule has 0 atom stereocenters. The molecule has 0 unspecified atom stereocenters. The molecule has 0 spiro atoms. The lowest BCUT2D eigenvalue weighted by Crippen LogP contribution is -2.14. The van der Waals surface area contributed by atoms with Crippen molar-refractivity contribution in [2.24, 2.45) is 5.73 Å². The number of rotatable bonds is 7. The van der Waals surface area contributed by atoms with Crippen LogP contribution in [-0.2, 0) is 0 Å². The lowest BCUT2D eigenvalue weighted by atomic mass is 10.0. The maximum absolute atomic E-state index is 11.8. The van der Waals surface area contributed by atoms with Gasteiger partial charge in [0.05, 0.1) is 22.3 Å². The van der Waals surface area contributed by atoms with E-state index in [1.807, 2.05) is 30.3 Å². The van der Waals surface area contributed by atoms with Crippen LogP contribution in [0.3, 0.4) is 0 Å². The van der Waals surface area contributed by atoms with Crippen LogP contribution in [0.4, 0.5) is 5.69 Å². The first-order valence-corrected chi connectivity index (χ1v) is 8.58. The fourth-order valence-corrected chi connectivity index (χ4v) is 3.07. The highest BCUT2D eigenvalue weighted by Gasteiger charge is 2.13. The van der Waals surface area contributed by atoms with Crippen LogP contribution in [0.15, 0.2) is 42.5 Å². The van der Waals surface area contributed by atoms with E-state index in [0.717, 1.165) is 47.9 Å². The van der Waals surface area contributed by atoms with Crippen molar-refractivity contribution < 1.29 is 4.79 Å². The van der Waals surface area contributed by atoms with Crippen molar-refractivity contribution in [3.63, 3.8) is 0 Å². The van der Waals surface area contributed by atoms with Gasteiger partial charge in [0, 0.05) is 17.3 Å². The third-order valence-corrected chi connectivity index (χ3v) is 4.31. The molecule has 5 nitrogen and oxygen atoms in total. The molecular formula is C20H24N4O. The number of carbonyl (C=O) groups excluding carboxylic acids is 1. The van der Waals surface area contributed by atoms with Crippen molar-refractivity contribution in [1.82, 2.24) is 9.88 Å². The summed E-state index contributed by atoms with van der Waals surface area (Å²) in [4.78, 5) is 18.7. The molecule has 0 aliphatic heterocycles. The Hall–Kier alpha value is -2.66. The maximum Gasteiger partial charge on any atom is 0.250 e. The summed E-state index contributed by atoms with van der Waals surface area (Å²) in [6.07, 6.45) is 2.21. The molecule has 3 N–H and O–H groups in total. The number of hydrogen-bond donors (Lipinski definition) is 2. The maximum atomic E-state index is 11.8.